The summed E-state index contributed by atoms with van der Waals surface area (Å²) in [6.45, 7) is 19.8. The molecule has 0 aromatic heterocycles. The molecule has 236 valence electrons. The van der Waals surface area contributed by atoms with Crippen molar-refractivity contribution in [2.75, 3.05) is 0 Å². The minimum atomic E-state index is -0.803. The van der Waals surface area contributed by atoms with Crippen LogP contribution in [0.2, 0.25) is 0 Å². The van der Waals surface area contributed by atoms with Gasteiger partial charge >= 0.3 is 0 Å². The topological polar surface area (TPSA) is 74.6 Å². The third-order valence-corrected chi connectivity index (χ3v) is 8.92. The van der Waals surface area contributed by atoms with E-state index >= 15 is 0 Å². The van der Waals surface area contributed by atoms with Crippen LogP contribution in [0.3, 0.4) is 0 Å². The van der Waals surface area contributed by atoms with Crippen molar-refractivity contribution >= 4 is 11.6 Å². The van der Waals surface area contributed by atoms with Crippen LogP contribution in [0.4, 0.5) is 0 Å². The van der Waals surface area contributed by atoms with Crippen LogP contribution in [0.1, 0.15) is 94.9 Å². The van der Waals surface area contributed by atoms with Crippen LogP contribution in [0.25, 0.3) is 0 Å². The lowest BCUT2D eigenvalue weighted by Gasteiger charge is -2.35. The molecule has 0 aromatic carbocycles. The van der Waals surface area contributed by atoms with Gasteiger partial charge in [-0.1, -0.05) is 124 Å². The summed E-state index contributed by atoms with van der Waals surface area (Å²) in [6, 6.07) is 0. The lowest BCUT2D eigenvalue weighted by atomic mass is 9.66. The predicted molar refractivity (Wildman–Crippen MR) is 184 cm³/mol. The monoisotopic (exact) mass is 596 g/mol. The lowest BCUT2D eigenvalue weighted by molar-refractivity contribution is -0.128. The molecule has 2 aliphatic carbocycles. The molecular weight excluding hydrogens is 544 g/mol. The molecule has 0 heterocycles. The van der Waals surface area contributed by atoms with Gasteiger partial charge in [0.25, 0.3) is 0 Å². The summed E-state index contributed by atoms with van der Waals surface area (Å²) in [7, 11) is 0. The quantitative estimate of drug-likeness (QED) is 0.120. The molecule has 0 aromatic rings. The number of aliphatic hydroxyl groups is 2. The van der Waals surface area contributed by atoms with Crippen LogP contribution in [0.15, 0.2) is 106 Å². The van der Waals surface area contributed by atoms with Gasteiger partial charge in [-0.3, -0.25) is 9.59 Å². The molecule has 2 rings (SSSR count). The van der Waals surface area contributed by atoms with E-state index in [1.54, 1.807) is 13.0 Å². The Balaban J connectivity index is 1.95. The van der Waals surface area contributed by atoms with E-state index in [1.165, 1.54) is 11.6 Å². The summed E-state index contributed by atoms with van der Waals surface area (Å²) in [4.78, 5) is 25.0. The van der Waals surface area contributed by atoms with Crippen molar-refractivity contribution in [3.63, 3.8) is 0 Å². The number of carbonyl (C=O) groups excluding carboxylic acids is 2. The highest BCUT2D eigenvalue weighted by molar-refractivity contribution is 6.01. The zero-order valence-corrected chi connectivity index (χ0v) is 28.5. The first-order chi connectivity index (χ1) is 20.4. The molecule has 0 amide bonds. The molecule has 1 saturated carbocycles. The normalized spacial score (nSPS) is 25.4. The number of ketones is 2. The van der Waals surface area contributed by atoms with Crippen LogP contribution >= 0.6 is 0 Å². The molecule has 0 radical (unpaired) electrons. The van der Waals surface area contributed by atoms with Crippen molar-refractivity contribution in [2.45, 2.75) is 101 Å². The van der Waals surface area contributed by atoms with Gasteiger partial charge in [0.05, 0.1) is 6.10 Å². The van der Waals surface area contributed by atoms with Crippen LogP contribution < -0.4 is 0 Å². The second-order valence-corrected chi connectivity index (χ2v) is 14.0. The third kappa shape index (κ3) is 10.2. The number of aliphatic hydroxyl groups excluding tert-OH is 2. The molecule has 2 atom stereocenters. The first kappa shape index (κ1) is 36.5. The number of rotatable bonds is 9. The Hall–Kier alpha value is -3.68. The number of carbonyl (C=O) groups is 2. The summed E-state index contributed by atoms with van der Waals surface area (Å²) in [5, 5.41) is 20.6. The van der Waals surface area contributed by atoms with Gasteiger partial charge in [-0.2, -0.15) is 0 Å². The highest BCUT2D eigenvalue weighted by Crippen LogP contribution is 2.51. The van der Waals surface area contributed by atoms with Crippen molar-refractivity contribution in [3.05, 3.63) is 106 Å². The maximum absolute atomic E-state index is 13.0. The van der Waals surface area contributed by atoms with Gasteiger partial charge in [-0.05, 0) is 64.0 Å². The summed E-state index contributed by atoms with van der Waals surface area (Å²) in [6.07, 6.45) is 22.6. The third-order valence-electron chi connectivity index (χ3n) is 8.92. The summed E-state index contributed by atoms with van der Waals surface area (Å²) >= 11 is 0. The maximum Gasteiger partial charge on any atom is 0.166 e. The van der Waals surface area contributed by atoms with Crippen molar-refractivity contribution in [1.82, 2.24) is 0 Å². The van der Waals surface area contributed by atoms with Crippen LogP contribution in [0.5, 0.6) is 0 Å². The Kier molecular flexibility index (Phi) is 12.7. The predicted octanol–water partition coefficient (Wildman–Crippen LogP) is 9.35. The fourth-order valence-corrected chi connectivity index (χ4v) is 5.78. The van der Waals surface area contributed by atoms with Crippen molar-refractivity contribution < 1.29 is 19.8 Å². The van der Waals surface area contributed by atoms with Gasteiger partial charge in [0.1, 0.15) is 11.5 Å². The fourth-order valence-electron chi connectivity index (χ4n) is 5.78. The maximum atomic E-state index is 13.0. The van der Waals surface area contributed by atoms with Gasteiger partial charge in [0, 0.05) is 35.3 Å². The molecule has 4 nitrogen and oxygen atoms in total. The zero-order chi connectivity index (χ0) is 33.3. The smallest absolute Gasteiger partial charge is 0.166 e. The van der Waals surface area contributed by atoms with E-state index < -0.39 is 10.8 Å². The molecular formula is C40H52O4. The Bertz CT molecular complexity index is 1460. The van der Waals surface area contributed by atoms with Crippen LogP contribution in [-0.2, 0) is 9.59 Å². The Labute approximate surface area is 266 Å². The Morgan fingerprint density at radius 1 is 0.864 bits per heavy atom. The average molecular weight is 597 g/mol. The van der Waals surface area contributed by atoms with E-state index in [0.29, 0.717) is 18.4 Å². The van der Waals surface area contributed by atoms with Gasteiger partial charge in [0.15, 0.2) is 5.78 Å². The summed E-state index contributed by atoms with van der Waals surface area (Å²) in [5.41, 5.74) is 4.68. The molecule has 1 fully saturated rings. The van der Waals surface area contributed by atoms with E-state index in [-0.39, 0.29) is 35.3 Å². The number of hydrogen-bond donors (Lipinski definition) is 2. The Morgan fingerprint density at radius 2 is 1.43 bits per heavy atom. The molecule has 2 unspecified atom stereocenters. The van der Waals surface area contributed by atoms with E-state index in [1.807, 2.05) is 96.2 Å². The lowest BCUT2D eigenvalue weighted by Crippen LogP contribution is -2.36. The first-order valence-corrected chi connectivity index (χ1v) is 15.5. The summed E-state index contributed by atoms with van der Waals surface area (Å²) in [5.74, 6) is 6.43. The second kappa shape index (κ2) is 15.4. The van der Waals surface area contributed by atoms with E-state index in [2.05, 4.69) is 32.6 Å². The van der Waals surface area contributed by atoms with E-state index in [0.717, 1.165) is 28.7 Å². The summed E-state index contributed by atoms with van der Waals surface area (Å²) < 4.78 is 0. The molecule has 0 bridgehead atoms. The molecule has 2 N–H and O–H groups in total. The second-order valence-electron chi connectivity index (χ2n) is 14.0. The minimum absolute atomic E-state index is 0.0790. The van der Waals surface area contributed by atoms with Crippen molar-refractivity contribution in [2.24, 2.45) is 16.2 Å². The van der Waals surface area contributed by atoms with Gasteiger partial charge in [-0.25, -0.2) is 0 Å². The van der Waals surface area contributed by atoms with Crippen LogP contribution in [0, 0.1) is 28.1 Å². The average Bonchev–Trinajstić information content (AvgIpc) is 3.11. The highest BCUT2D eigenvalue weighted by Gasteiger charge is 2.53. The highest BCUT2D eigenvalue weighted by atomic mass is 16.3. The fraction of sp³-hybridized carbons (Fsp3) is 0.450. The molecule has 0 aliphatic heterocycles. The van der Waals surface area contributed by atoms with Crippen molar-refractivity contribution in [3.8, 4) is 11.8 Å². The van der Waals surface area contributed by atoms with Crippen molar-refractivity contribution in [1.29, 1.82) is 0 Å². The molecule has 4 heteroatoms. The standard InChI is InChI=1S/C40H52O4/c1-28(17-13-18-30(3)21-22-35-32(5)23-33(41)25-38(35,6)7)15-11-12-16-29(2)19-14-20-31(4)36(43)24-37(44)40(10)27-34(42)26-39(40,8)9/h11-20,24,33,41,43H,23,25-27H2,1-10H3/b12-11+,17-13+,19-14+,28-15+,29-16+,30-18+,31-20+,36-24-. The molecule has 0 spiro atoms. The van der Waals surface area contributed by atoms with E-state index in [4.69, 9.17) is 0 Å². The molecule has 44 heavy (non-hydrogen) atoms. The Morgan fingerprint density at radius 3 is 1.95 bits per heavy atom. The van der Waals surface area contributed by atoms with E-state index in [9.17, 15) is 19.8 Å². The first-order valence-electron chi connectivity index (χ1n) is 15.5. The zero-order valence-electron chi connectivity index (χ0n) is 28.5. The number of allylic oxidation sites excluding steroid dienone is 16. The largest absolute Gasteiger partial charge is 0.508 e. The minimum Gasteiger partial charge on any atom is -0.508 e. The molecule has 0 saturated heterocycles. The molecule has 2 aliphatic rings. The van der Waals surface area contributed by atoms with Gasteiger partial charge in [0.2, 0.25) is 0 Å². The number of hydrogen-bond acceptors (Lipinski definition) is 4. The number of Topliss-reactive ketones (excluding diaryl/α,β-unsaturated/α-hetero) is 1. The van der Waals surface area contributed by atoms with Crippen LogP contribution in [-0.4, -0.2) is 27.9 Å². The van der Waals surface area contributed by atoms with Gasteiger partial charge < -0.3 is 10.2 Å². The SMILES string of the molecule is CC1=C(C#C/C(C)=C/C=C/C(C)=C/C=C/C=C(C)/C=C/C=C(C)/C(O)=C/C(=O)C2(C)CC(=O)CC2(C)C)C(C)(C)CC(O)C1. The van der Waals surface area contributed by atoms with Gasteiger partial charge in [-0.15, -0.1) is 0 Å².